The summed E-state index contributed by atoms with van der Waals surface area (Å²) in [6, 6.07) is 0. The van der Waals surface area contributed by atoms with Crippen LogP contribution in [-0.2, 0) is 11.3 Å². The van der Waals surface area contributed by atoms with Crippen molar-refractivity contribution >= 4 is 47.7 Å². The van der Waals surface area contributed by atoms with E-state index in [1.807, 2.05) is 11.8 Å². The zero-order valence-electron chi connectivity index (χ0n) is 11.8. The Balaban J connectivity index is 0.00000220. The number of halogens is 1. The van der Waals surface area contributed by atoms with Crippen molar-refractivity contribution in [3.63, 3.8) is 0 Å². The summed E-state index contributed by atoms with van der Waals surface area (Å²) in [6.07, 6.45) is 1.54. The Morgan fingerprint density at radius 1 is 1.52 bits per heavy atom. The average molecular weight is 426 g/mol. The minimum absolute atomic E-state index is 0. The number of esters is 1. The highest BCUT2D eigenvalue weighted by atomic mass is 127. The fourth-order valence-electron chi connectivity index (χ4n) is 1.77. The predicted octanol–water partition coefficient (Wildman–Crippen LogP) is 0.0462. The van der Waals surface area contributed by atoms with Gasteiger partial charge in [0.15, 0.2) is 11.7 Å². The van der Waals surface area contributed by atoms with Crippen molar-refractivity contribution < 1.29 is 9.53 Å². The van der Waals surface area contributed by atoms with Gasteiger partial charge in [0.1, 0.15) is 0 Å². The summed E-state index contributed by atoms with van der Waals surface area (Å²) >= 11 is 1.93. The second kappa shape index (κ2) is 9.07. The number of guanidine groups is 1. The van der Waals surface area contributed by atoms with Crippen LogP contribution in [0.5, 0.6) is 0 Å². The van der Waals surface area contributed by atoms with Gasteiger partial charge < -0.3 is 15.4 Å². The quantitative estimate of drug-likeness (QED) is 0.314. The molecule has 2 heterocycles. The summed E-state index contributed by atoms with van der Waals surface area (Å²) in [5.74, 6) is 2.24. The van der Waals surface area contributed by atoms with Gasteiger partial charge in [-0.3, -0.25) is 4.99 Å². The number of ether oxygens (including phenoxy) is 1. The molecule has 0 spiro atoms. The van der Waals surface area contributed by atoms with Gasteiger partial charge in [-0.1, -0.05) is 5.21 Å². The van der Waals surface area contributed by atoms with Crippen LogP contribution < -0.4 is 5.73 Å². The average Bonchev–Trinajstić information content (AvgIpc) is 2.96. The molecule has 10 heteroatoms. The largest absolute Gasteiger partial charge is 0.464 e. The van der Waals surface area contributed by atoms with Gasteiger partial charge in [-0.25, -0.2) is 9.48 Å². The third-order valence-electron chi connectivity index (χ3n) is 2.87. The van der Waals surface area contributed by atoms with Crippen molar-refractivity contribution in [3.8, 4) is 0 Å². The summed E-state index contributed by atoms with van der Waals surface area (Å²) in [7, 11) is 1.31. The number of carbonyl (C=O) groups is 1. The first-order valence-corrected chi connectivity index (χ1v) is 7.47. The molecule has 21 heavy (non-hydrogen) atoms. The first kappa shape index (κ1) is 18.0. The molecule has 0 aliphatic carbocycles. The van der Waals surface area contributed by atoms with E-state index in [9.17, 15) is 4.79 Å². The molecule has 0 unspecified atom stereocenters. The van der Waals surface area contributed by atoms with E-state index < -0.39 is 5.97 Å². The van der Waals surface area contributed by atoms with Gasteiger partial charge in [0.05, 0.1) is 26.4 Å². The number of rotatable bonds is 4. The Hall–Kier alpha value is -1.04. The van der Waals surface area contributed by atoms with E-state index in [1.54, 1.807) is 4.68 Å². The Bertz CT molecular complexity index is 489. The highest BCUT2D eigenvalue weighted by molar-refractivity contribution is 14.0. The normalized spacial score (nSPS) is 15.5. The maximum Gasteiger partial charge on any atom is 0.360 e. The second-order valence-electron chi connectivity index (χ2n) is 4.20. The van der Waals surface area contributed by atoms with Gasteiger partial charge in [0.25, 0.3) is 0 Å². The lowest BCUT2D eigenvalue weighted by molar-refractivity contribution is 0.0594. The predicted molar refractivity (Wildman–Crippen MR) is 92.2 cm³/mol. The number of methoxy groups -OCH3 is 1. The Morgan fingerprint density at radius 2 is 2.24 bits per heavy atom. The maximum absolute atomic E-state index is 11.2. The zero-order valence-corrected chi connectivity index (χ0v) is 14.9. The molecule has 1 aromatic heterocycles. The van der Waals surface area contributed by atoms with Crippen LogP contribution in [0.1, 0.15) is 10.5 Å². The number of nitrogens with zero attached hydrogens (tertiary/aromatic N) is 5. The molecule has 2 N–H and O–H groups in total. The van der Waals surface area contributed by atoms with Crippen molar-refractivity contribution in [1.29, 1.82) is 0 Å². The second-order valence-corrected chi connectivity index (χ2v) is 5.42. The zero-order chi connectivity index (χ0) is 14.4. The molecule has 1 fully saturated rings. The molecule has 8 nitrogen and oxygen atoms in total. The standard InChI is InChI=1S/C11H18N6O2S.HI/c1-19-10(18)9-8-17(15-14-9)3-2-13-11(12)16-4-6-20-7-5-16;/h8H,2-7H2,1H3,(H2,12,13);1H. The first-order valence-electron chi connectivity index (χ1n) is 6.32. The van der Waals surface area contributed by atoms with Gasteiger partial charge in [-0.2, -0.15) is 11.8 Å². The molecular weight excluding hydrogens is 407 g/mol. The van der Waals surface area contributed by atoms with Gasteiger partial charge >= 0.3 is 5.97 Å². The molecule has 118 valence electrons. The number of aromatic nitrogens is 3. The third-order valence-corrected chi connectivity index (χ3v) is 3.81. The molecule has 1 aromatic rings. The molecule has 0 amide bonds. The smallest absolute Gasteiger partial charge is 0.360 e. The summed E-state index contributed by atoms with van der Waals surface area (Å²) < 4.78 is 6.11. The van der Waals surface area contributed by atoms with Crippen molar-refractivity contribution in [3.05, 3.63) is 11.9 Å². The number of hydrogen-bond donors (Lipinski definition) is 1. The molecule has 0 radical (unpaired) electrons. The van der Waals surface area contributed by atoms with Crippen molar-refractivity contribution in [2.45, 2.75) is 6.54 Å². The molecule has 0 saturated carbocycles. The van der Waals surface area contributed by atoms with Gasteiger partial charge in [-0.15, -0.1) is 29.1 Å². The maximum atomic E-state index is 11.2. The molecule has 0 atom stereocenters. The van der Waals surface area contributed by atoms with Crippen LogP contribution in [0.2, 0.25) is 0 Å². The fraction of sp³-hybridized carbons (Fsp3) is 0.636. The minimum atomic E-state index is -0.495. The third kappa shape index (κ3) is 5.34. The van der Waals surface area contributed by atoms with Crippen LogP contribution in [0.3, 0.4) is 0 Å². The monoisotopic (exact) mass is 426 g/mol. The number of nitrogens with two attached hydrogens (primary N) is 1. The van der Waals surface area contributed by atoms with Crippen LogP contribution in [0.15, 0.2) is 11.2 Å². The minimum Gasteiger partial charge on any atom is -0.464 e. The Morgan fingerprint density at radius 3 is 2.90 bits per heavy atom. The van der Waals surface area contributed by atoms with Gasteiger partial charge in [0.2, 0.25) is 0 Å². The number of aliphatic imine (C=N–C) groups is 1. The number of hydrogen-bond acceptors (Lipinski definition) is 6. The molecule has 1 aliphatic rings. The Kier molecular flexibility index (Phi) is 7.78. The summed E-state index contributed by atoms with van der Waals surface area (Å²) in [5, 5.41) is 7.55. The van der Waals surface area contributed by atoms with E-state index in [0.717, 1.165) is 24.6 Å². The Labute approximate surface area is 144 Å². The molecule has 2 rings (SSSR count). The highest BCUT2D eigenvalue weighted by Crippen LogP contribution is 2.08. The molecule has 0 bridgehead atoms. The number of carbonyl (C=O) groups excluding carboxylic acids is 1. The topological polar surface area (TPSA) is 98.6 Å². The SMILES string of the molecule is COC(=O)c1cn(CCN=C(N)N2CCSCC2)nn1.I. The van der Waals surface area contributed by atoms with Crippen molar-refractivity contribution in [2.24, 2.45) is 10.7 Å². The van der Waals surface area contributed by atoms with E-state index in [0.29, 0.717) is 19.0 Å². The van der Waals surface area contributed by atoms with E-state index in [2.05, 4.69) is 24.9 Å². The fourth-order valence-corrected chi connectivity index (χ4v) is 2.67. The van der Waals surface area contributed by atoms with Crippen molar-refractivity contribution in [1.82, 2.24) is 19.9 Å². The summed E-state index contributed by atoms with van der Waals surface area (Å²) in [4.78, 5) is 17.6. The van der Waals surface area contributed by atoms with Crippen LogP contribution in [0.25, 0.3) is 0 Å². The molecule has 1 aliphatic heterocycles. The van der Waals surface area contributed by atoms with E-state index in [1.165, 1.54) is 13.3 Å². The summed E-state index contributed by atoms with van der Waals surface area (Å²) in [5.41, 5.74) is 6.13. The van der Waals surface area contributed by atoms with Crippen LogP contribution in [0, 0.1) is 0 Å². The van der Waals surface area contributed by atoms with E-state index >= 15 is 0 Å². The molecular formula is C11H19IN6O2S. The van der Waals surface area contributed by atoms with E-state index in [4.69, 9.17) is 5.73 Å². The number of thioether (sulfide) groups is 1. The van der Waals surface area contributed by atoms with Crippen LogP contribution >= 0.6 is 35.7 Å². The molecule has 1 saturated heterocycles. The molecule has 0 aromatic carbocycles. The lowest BCUT2D eigenvalue weighted by Crippen LogP contribution is -2.42. The van der Waals surface area contributed by atoms with Crippen LogP contribution in [-0.4, -0.2) is 70.1 Å². The lowest BCUT2D eigenvalue weighted by Gasteiger charge is -2.27. The van der Waals surface area contributed by atoms with Gasteiger partial charge in [0, 0.05) is 24.6 Å². The first-order chi connectivity index (χ1) is 9.70. The van der Waals surface area contributed by atoms with Gasteiger partial charge in [-0.05, 0) is 0 Å². The highest BCUT2D eigenvalue weighted by Gasteiger charge is 2.12. The van der Waals surface area contributed by atoms with E-state index in [-0.39, 0.29) is 29.7 Å². The van der Waals surface area contributed by atoms with Crippen molar-refractivity contribution in [2.75, 3.05) is 38.2 Å². The lowest BCUT2D eigenvalue weighted by atomic mass is 10.5. The summed E-state index contributed by atoms with van der Waals surface area (Å²) in [6.45, 7) is 2.90. The van der Waals surface area contributed by atoms with Crippen LogP contribution in [0.4, 0.5) is 0 Å².